The molecule has 5 heteroatoms. The Bertz CT molecular complexity index is 535. The lowest BCUT2D eigenvalue weighted by Gasteiger charge is -2.36. The molecule has 0 N–H and O–H groups in total. The van der Waals surface area contributed by atoms with Crippen LogP contribution in [0.2, 0.25) is 0 Å². The highest BCUT2D eigenvalue weighted by Crippen LogP contribution is 2.12. The molecule has 118 valence electrons. The fourth-order valence-electron chi connectivity index (χ4n) is 2.98. The van der Waals surface area contributed by atoms with E-state index in [9.17, 15) is 4.79 Å². The zero-order valence-electron chi connectivity index (χ0n) is 13.2. The smallest absolute Gasteiger partial charge is 0.229 e. The number of carbonyl (C=O) groups is 1. The first-order valence-corrected chi connectivity index (χ1v) is 8.06. The maximum atomic E-state index is 12.5. The molecule has 0 atom stereocenters. The third-order valence-electron chi connectivity index (χ3n) is 4.38. The second-order valence-electron chi connectivity index (χ2n) is 6.00. The molecule has 0 aromatic heterocycles. The highest BCUT2D eigenvalue weighted by molar-refractivity contribution is 5.98. The van der Waals surface area contributed by atoms with Gasteiger partial charge in [0.2, 0.25) is 11.9 Å². The van der Waals surface area contributed by atoms with Crippen molar-refractivity contribution >= 4 is 11.9 Å². The van der Waals surface area contributed by atoms with Crippen LogP contribution in [0.3, 0.4) is 0 Å². The van der Waals surface area contributed by atoms with Crippen LogP contribution < -0.4 is 0 Å². The molecule has 2 heterocycles. The van der Waals surface area contributed by atoms with Crippen molar-refractivity contribution in [2.75, 3.05) is 46.3 Å². The number of hydrogen-bond donors (Lipinski definition) is 0. The highest BCUT2D eigenvalue weighted by Gasteiger charge is 2.29. The zero-order valence-corrected chi connectivity index (χ0v) is 13.2. The number of rotatable bonds is 3. The van der Waals surface area contributed by atoms with E-state index in [0.29, 0.717) is 6.42 Å². The van der Waals surface area contributed by atoms with Gasteiger partial charge in [0.1, 0.15) is 0 Å². The second-order valence-corrected chi connectivity index (χ2v) is 6.00. The fraction of sp³-hybridized carbons (Fsp3) is 0.529. The minimum Gasteiger partial charge on any atom is -0.340 e. The summed E-state index contributed by atoms with van der Waals surface area (Å²) in [6, 6.07) is 10.2. The van der Waals surface area contributed by atoms with Gasteiger partial charge in [-0.1, -0.05) is 30.3 Å². The molecule has 0 spiro atoms. The minimum absolute atomic E-state index is 0.194. The van der Waals surface area contributed by atoms with E-state index in [1.54, 1.807) is 0 Å². The predicted octanol–water partition coefficient (Wildman–Crippen LogP) is 1.06. The van der Waals surface area contributed by atoms with E-state index in [0.717, 1.165) is 51.6 Å². The van der Waals surface area contributed by atoms with Crippen molar-refractivity contribution in [3.05, 3.63) is 35.9 Å². The molecular weight excluding hydrogens is 276 g/mol. The van der Waals surface area contributed by atoms with Gasteiger partial charge in [0.15, 0.2) is 0 Å². The molecule has 0 radical (unpaired) electrons. The maximum Gasteiger partial charge on any atom is 0.229 e. The van der Waals surface area contributed by atoms with Gasteiger partial charge in [0.05, 0.1) is 6.54 Å². The van der Waals surface area contributed by atoms with Crippen LogP contribution in [0.25, 0.3) is 0 Å². The van der Waals surface area contributed by atoms with Crippen LogP contribution in [0.5, 0.6) is 0 Å². The van der Waals surface area contributed by atoms with Crippen LogP contribution in [0.1, 0.15) is 12.0 Å². The van der Waals surface area contributed by atoms with Crippen LogP contribution in [0.15, 0.2) is 35.3 Å². The van der Waals surface area contributed by atoms with Gasteiger partial charge in [0, 0.05) is 39.1 Å². The van der Waals surface area contributed by atoms with E-state index in [-0.39, 0.29) is 5.91 Å². The van der Waals surface area contributed by atoms with E-state index in [1.807, 2.05) is 23.1 Å². The van der Waals surface area contributed by atoms with E-state index in [2.05, 4.69) is 34.0 Å². The Morgan fingerprint density at radius 3 is 2.55 bits per heavy atom. The lowest BCUT2D eigenvalue weighted by atomic mass is 10.1. The minimum atomic E-state index is 0.194. The highest BCUT2D eigenvalue weighted by atomic mass is 16.2. The first-order chi connectivity index (χ1) is 10.7. The Labute approximate surface area is 132 Å². The molecule has 1 saturated heterocycles. The first kappa shape index (κ1) is 15.0. The quantitative estimate of drug-likeness (QED) is 0.838. The van der Waals surface area contributed by atoms with Crippen LogP contribution in [0, 0.1) is 0 Å². The van der Waals surface area contributed by atoms with E-state index < -0.39 is 0 Å². The summed E-state index contributed by atoms with van der Waals surface area (Å²) in [4.78, 5) is 23.6. The number of piperazine rings is 1. The van der Waals surface area contributed by atoms with Gasteiger partial charge in [0.25, 0.3) is 0 Å². The Balaban J connectivity index is 1.56. The molecule has 1 amide bonds. The van der Waals surface area contributed by atoms with Gasteiger partial charge in [-0.15, -0.1) is 0 Å². The van der Waals surface area contributed by atoms with Crippen molar-refractivity contribution in [1.29, 1.82) is 0 Å². The van der Waals surface area contributed by atoms with Gasteiger partial charge >= 0.3 is 0 Å². The molecule has 5 nitrogen and oxygen atoms in total. The van der Waals surface area contributed by atoms with Crippen molar-refractivity contribution in [1.82, 2.24) is 14.7 Å². The number of guanidine groups is 1. The van der Waals surface area contributed by atoms with Crippen LogP contribution >= 0.6 is 0 Å². The number of benzene rings is 1. The number of hydrogen-bond acceptors (Lipinski definition) is 4. The summed E-state index contributed by atoms with van der Waals surface area (Å²) in [6.45, 7) is 5.44. The SMILES string of the molecule is CN1CCN(C2=NCCN2C(=O)CCc2ccccc2)CC1. The average Bonchev–Trinajstić information content (AvgIpc) is 3.04. The number of nitrogens with zero attached hydrogens (tertiary/aromatic N) is 4. The average molecular weight is 300 g/mol. The maximum absolute atomic E-state index is 12.5. The zero-order chi connectivity index (χ0) is 15.4. The molecule has 0 aliphatic carbocycles. The number of likely N-dealkylation sites (N-methyl/N-ethyl adjacent to an activating group) is 1. The molecule has 0 bridgehead atoms. The summed E-state index contributed by atoms with van der Waals surface area (Å²) in [5.41, 5.74) is 1.22. The normalized spacial score (nSPS) is 19.4. The number of carbonyl (C=O) groups excluding carboxylic acids is 1. The van der Waals surface area contributed by atoms with E-state index >= 15 is 0 Å². The molecule has 1 fully saturated rings. The van der Waals surface area contributed by atoms with Crippen molar-refractivity contribution in [2.24, 2.45) is 4.99 Å². The molecular formula is C17H24N4O. The largest absolute Gasteiger partial charge is 0.340 e. The van der Waals surface area contributed by atoms with E-state index in [1.165, 1.54) is 5.56 Å². The number of amides is 1. The van der Waals surface area contributed by atoms with Gasteiger partial charge in [-0.05, 0) is 19.0 Å². The summed E-state index contributed by atoms with van der Waals surface area (Å²) in [5.74, 6) is 1.09. The summed E-state index contributed by atoms with van der Waals surface area (Å²) in [7, 11) is 2.14. The van der Waals surface area contributed by atoms with Gasteiger partial charge < -0.3 is 9.80 Å². The van der Waals surface area contributed by atoms with Crippen molar-refractivity contribution in [3.8, 4) is 0 Å². The number of aliphatic imine (C=N–C) groups is 1. The van der Waals surface area contributed by atoms with Crippen LogP contribution in [-0.2, 0) is 11.2 Å². The first-order valence-electron chi connectivity index (χ1n) is 8.06. The van der Waals surface area contributed by atoms with E-state index in [4.69, 9.17) is 0 Å². The molecule has 2 aliphatic heterocycles. The summed E-state index contributed by atoms with van der Waals surface area (Å²) < 4.78 is 0. The third-order valence-corrected chi connectivity index (χ3v) is 4.38. The topological polar surface area (TPSA) is 39.1 Å². The lowest BCUT2D eigenvalue weighted by Crippen LogP contribution is -2.52. The van der Waals surface area contributed by atoms with Gasteiger partial charge in [-0.2, -0.15) is 0 Å². The predicted molar refractivity (Wildman–Crippen MR) is 87.8 cm³/mol. The Morgan fingerprint density at radius 1 is 1.09 bits per heavy atom. The fourth-order valence-corrected chi connectivity index (χ4v) is 2.98. The monoisotopic (exact) mass is 300 g/mol. The van der Waals surface area contributed by atoms with Crippen LogP contribution in [-0.4, -0.2) is 72.9 Å². The molecule has 22 heavy (non-hydrogen) atoms. The summed E-state index contributed by atoms with van der Waals surface area (Å²) in [5, 5.41) is 0. The lowest BCUT2D eigenvalue weighted by molar-refractivity contribution is -0.127. The van der Waals surface area contributed by atoms with Crippen LogP contribution in [0.4, 0.5) is 0 Å². The third kappa shape index (κ3) is 3.47. The van der Waals surface area contributed by atoms with Gasteiger partial charge in [-0.3, -0.25) is 14.7 Å². The Morgan fingerprint density at radius 2 is 1.82 bits per heavy atom. The molecule has 2 aliphatic rings. The molecule has 1 aromatic rings. The Hall–Kier alpha value is -1.88. The van der Waals surface area contributed by atoms with Crippen molar-refractivity contribution < 1.29 is 4.79 Å². The molecule has 3 rings (SSSR count). The van der Waals surface area contributed by atoms with Crippen molar-refractivity contribution in [3.63, 3.8) is 0 Å². The standard InChI is InChI=1S/C17H24N4O/c1-19-11-13-20(14-12-19)17-18-9-10-21(17)16(22)8-7-15-5-3-2-4-6-15/h2-6H,7-14H2,1H3. The molecule has 0 saturated carbocycles. The summed E-state index contributed by atoms with van der Waals surface area (Å²) >= 11 is 0. The second kappa shape index (κ2) is 6.92. The molecule has 0 unspecified atom stereocenters. The van der Waals surface area contributed by atoms with Crippen molar-refractivity contribution in [2.45, 2.75) is 12.8 Å². The molecule has 1 aromatic carbocycles. The van der Waals surface area contributed by atoms with Gasteiger partial charge in [-0.25, -0.2) is 0 Å². The summed E-state index contributed by atoms with van der Waals surface area (Å²) in [6.07, 6.45) is 1.35. The Kier molecular flexibility index (Phi) is 4.73. The number of aryl methyl sites for hydroxylation is 1.